The standard InChI is InChI=1S/C11H19N5O3/c1-3-8(2)13-6-10(17)12-4-5-16-7-9(11(18)19)14-15-16/h7-8,13H,3-6H2,1-2H3,(H,12,17)(H,18,19). The summed E-state index contributed by atoms with van der Waals surface area (Å²) in [5.41, 5.74) is -0.107. The zero-order valence-electron chi connectivity index (χ0n) is 11.1. The van der Waals surface area contributed by atoms with Crippen LogP contribution >= 0.6 is 0 Å². The average Bonchev–Trinajstić information content (AvgIpc) is 2.85. The maximum absolute atomic E-state index is 11.5. The number of carbonyl (C=O) groups is 2. The van der Waals surface area contributed by atoms with Crippen LogP contribution in [0.1, 0.15) is 30.8 Å². The van der Waals surface area contributed by atoms with Crippen molar-refractivity contribution in [1.82, 2.24) is 25.6 Å². The van der Waals surface area contributed by atoms with Gasteiger partial charge in [0.1, 0.15) is 0 Å². The highest BCUT2D eigenvalue weighted by atomic mass is 16.4. The summed E-state index contributed by atoms with van der Waals surface area (Å²) in [7, 11) is 0. The van der Waals surface area contributed by atoms with E-state index in [1.807, 2.05) is 13.8 Å². The summed E-state index contributed by atoms with van der Waals surface area (Å²) in [6.45, 7) is 5.09. The van der Waals surface area contributed by atoms with Crippen LogP contribution in [-0.2, 0) is 11.3 Å². The van der Waals surface area contributed by atoms with Crippen LogP contribution in [0.5, 0.6) is 0 Å². The molecule has 0 spiro atoms. The smallest absolute Gasteiger partial charge is 0.358 e. The van der Waals surface area contributed by atoms with E-state index < -0.39 is 5.97 Å². The number of hydrogen-bond acceptors (Lipinski definition) is 5. The molecule has 1 heterocycles. The number of rotatable bonds is 8. The first-order chi connectivity index (χ1) is 9.02. The first-order valence-corrected chi connectivity index (χ1v) is 6.16. The van der Waals surface area contributed by atoms with Crippen molar-refractivity contribution in [3.63, 3.8) is 0 Å². The lowest BCUT2D eigenvalue weighted by Gasteiger charge is -2.11. The third kappa shape index (κ3) is 5.47. The fraction of sp³-hybridized carbons (Fsp3) is 0.636. The summed E-state index contributed by atoms with van der Waals surface area (Å²) in [4.78, 5) is 22.0. The Bertz CT molecular complexity index is 432. The second-order valence-corrected chi connectivity index (χ2v) is 4.21. The Balaban J connectivity index is 2.22. The van der Waals surface area contributed by atoms with E-state index in [0.717, 1.165) is 6.42 Å². The van der Waals surface area contributed by atoms with E-state index in [-0.39, 0.29) is 18.1 Å². The number of nitrogens with one attached hydrogen (secondary N) is 2. The summed E-state index contributed by atoms with van der Waals surface area (Å²) >= 11 is 0. The van der Waals surface area contributed by atoms with E-state index in [1.54, 1.807) is 0 Å². The van der Waals surface area contributed by atoms with Crippen LogP contribution in [0.4, 0.5) is 0 Å². The van der Waals surface area contributed by atoms with E-state index >= 15 is 0 Å². The fourth-order valence-corrected chi connectivity index (χ4v) is 1.29. The van der Waals surface area contributed by atoms with Crippen molar-refractivity contribution in [1.29, 1.82) is 0 Å². The molecule has 1 aromatic rings. The van der Waals surface area contributed by atoms with Crippen LogP contribution in [0, 0.1) is 0 Å². The quantitative estimate of drug-likeness (QED) is 0.586. The molecule has 8 nitrogen and oxygen atoms in total. The van der Waals surface area contributed by atoms with Crippen molar-refractivity contribution in [3.05, 3.63) is 11.9 Å². The predicted molar refractivity (Wildman–Crippen MR) is 67.7 cm³/mol. The number of aromatic carboxylic acids is 1. The molecule has 0 aliphatic carbocycles. The number of hydrogen-bond donors (Lipinski definition) is 3. The van der Waals surface area contributed by atoms with Gasteiger partial charge in [-0.05, 0) is 13.3 Å². The average molecular weight is 269 g/mol. The normalized spacial score (nSPS) is 12.1. The first-order valence-electron chi connectivity index (χ1n) is 6.16. The lowest BCUT2D eigenvalue weighted by Crippen LogP contribution is -2.38. The summed E-state index contributed by atoms with van der Waals surface area (Å²) in [6, 6.07) is 0.305. The first kappa shape index (κ1) is 15.1. The van der Waals surface area contributed by atoms with Crippen molar-refractivity contribution >= 4 is 11.9 Å². The SMILES string of the molecule is CCC(C)NCC(=O)NCCn1cc(C(=O)O)nn1. The van der Waals surface area contributed by atoms with Gasteiger partial charge in [-0.25, -0.2) is 9.48 Å². The van der Waals surface area contributed by atoms with Crippen molar-refractivity contribution in [2.75, 3.05) is 13.1 Å². The summed E-state index contributed by atoms with van der Waals surface area (Å²) < 4.78 is 1.38. The van der Waals surface area contributed by atoms with Gasteiger partial charge in [-0.3, -0.25) is 4.79 Å². The Morgan fingerprint density at radius 1 is 1.53 bits per heavy atom. The van der Waals surface area contributed by atoms with Crippen molar-refractivity contribution in [2.24, 2.45) is 0 Å². The van der Waals surface area contributed by atoms with Gasteiger partial charge in [0.05, 0.1) is 19.3 Å². The van der Waals surface area contributed by atoms with Gasteiger partial charge in [-0.15, -0.1) is 5.10 Å². The molecule has 1 atom stereocenters. The summed E-state index contributed by atoms with van der Waals surface area (Å²) in [6.07, 6.45) is 2.29. The highest BCUT2D eigenvalue weighted by Crippen LogP contribution is 1.91. The van der Waals surface area contributed by atoms with E-state index in [9.17, 15) is 9.59 Å². The van der Waals surface area contributed by atoms with E-state index in [4.69, 9.17) is 5.11 Å². The molecule has 1 unspecified atom stereocenters. The van der Waals surface area contributed by atoms with Crippen LogP contribution in [0.15, 0.2) is 6.20 Å². The van der Waals surface area contributed by atoms with Gasteiger partial charge in [0.25, 0.3) is 0 Å². The van der Waals surface area contributed by atoms with Gasteiger partial charge in [0, 0.05) is 12.6 Å². The molecule has 106 valence electrons. The molecule has 3 N–H and O–H groups in total. The molecule has 1 amide bonds. The third-order valence-electron chi connectivity index (χ3n) is 2.64. The zero-order valence-corrected chi connectivity index (χ0v) is 11.1. The molecule has 8 heteroatoms. The Morgan fingerprint density at radius 2 is 2.26 bits per heavy atom. The van der Waals surface area contributed by atoms with Gasteiger partial charge in [0.2, 0.25) is 5.91 Å². The van der Waals surface area contributed by atoms with Crippen molar-refractivity contribution in [3.8, 4) is 0 Å². The van der Waals surface area contributed by atoms with Crippen molar-refractivity contribution < 1.29 is 14.7 Å². The molecule has 1 rings (SSSR count). The Morgan fingerprint density at radius 3 is 2.84 bits per heavy atom. The summed E-state index contributed by atoms with van der Waals surface area (Å²) in [5.74, 6) is -1.22. The van der Waals surface area contributed by atoms with Gasteiger partial charge < -0.3 is 15.7 Å². The lowest BCUT2D eigenvalue weighted by molar-refractivity contribution is -0.120. The van der Waals surface area contributed by atoms with Crippen LogP contribution in [-0.4, -0.2) is 51.1 Å². The zero-order chi connectivity index (χ0) is 14.3. The van der Waals surface area contributed by atoms with Crippen LogP contribution < -0.4 is 10.6 Å². The lowest BCUT2D eigenvalue weighted by atomic mass is 10.2. The van der Waals surface area contributed by atoms with Crippen LogP contribution in [0.2, 0.25) is 0 Å². The molecule has 0 saturated carbocycles. The Hall–Kier alpha value is -1.96. The minimum Gasteiger partial charge on any atom is -0.476 e. The molecule has 0 aliphatic heterocycles. The molecule has 1 aromatic heterocycles. The van der Waals surface area contributed by atoms with E-state index in [1.165, 1.54) is 10.9 Å². The van der Waals surface area contributed by atoms with Gasteiger partial charge in [-0.1, -0.05) is 12.1 Å². The highest BCUT2D eigenvalue weighted by molar-refractivity contribution is 5.84. The topological polar surface area (TPSA) is 109 Å². The second-order valence-electron chi connectivity index (χ2n) is 4.21. The highest BCUT2D eigenvalue weighted by Gasteiger charge is 2.08. The minimum atomic E-state index is -1.12. The summed E-state index contributed by atoms with van der Waals surface area (Å²) in [5, 5.41) is 21.6. The molecule has 19 heavy (non-hydrogen) atoms. The molecule has 0 aromatic carbocycles. The Kier molecular flexibility index (Phi) is 5.94. The third-order valence-corrected chi connectivity index (χ3v) is 2.64. The second kappa shape index (κ2) is 7.47. The van der Waals surface area contributed by atoms with Gasteiger partial charge in [0.15, 0.2) is 5.69 Å². The monoisotopic (exact) mass is 269 g/mol. The molecular formula is C11H19N5O3. The van der Waals surface area contributed by atoms with Crippen LogP contribution in [0.25, 0.3) is 0 Å². The number of aromatic nitrogens is 3. The fourth-order valence-electron chi connectivity index (χ4n) is 1.29. The number of carbonyl (C=O) groups excluding carboxylic acids is 1. The van der Waals surface area contributed by atoms with E-state index in [0.29, 0.717) is 19.1 Å². The minimum absolute atomic E-state index is 0.0983. The molecule has 0 radical (unpaired) electrons. The molecule has 0 bridgehead atoms. The number of carboxylic acids is 1. The predicted octanol–water partition coefficient (Wildman–Crippen LogP) is -0.519. The molecular weight excluding hydrogens is 250 g/mol. The molecule has 0 fully saturated rings. The van der Waals surface area contributed by atoms with Crippen molar-refractivity contribution in [2.45, 2.75) is 32.9 Å². The van der Waals surface area contributed by atoms with E-state index in [2.05, 4.69) is 20.9 Å². The molecule has 0 saturated heterocycles. The van der Waals surface area contributed by atoms with Crippen LogP contribution in [0.3, 0.4) is 0 Å². The van der Waals surface area contributed by atoms with Gasteiger partial charge >= 0.3 is 5.97 Å². The molecule has 0 aliphatic rings. The number of amides is 1. The Labute approximate surface area is 111 Å². The van der Waals surface area contributed by atoms with Gasteiger partial charge in [-0.2, -0.15) is 0 Å². The maximum atomic E-state index is 11.5. The number of nitrogens with zero attached hydrogens (tertiary/aromatic N) is 3. The largest absolute Gasteiger partial charge is 0.476 e. The number of carboxylic acid groups (broad SMARTS) is 1. The maximum Gasteiger partial charge on any atom is 0.358 e.